The van der Waals surface area contributed by atoms with Gasteiger partial charge in [-0.2, -0.15) is 0 Å². The molecule has 0 radical (unpaired) electrons. The van der Waals surface area contributed by atoms with E-state index in [0.717, 1.165) is 36.4 Å². The quantitative estimate of drug-likeness (QED) is 0.0621. The molecule has 0 aliphatic rings. The number of carbonyl (C=O) groups is 6. The number of hydrogen-bond donors (Lipinski definition) is 8. The molecule has 17 heteroatoms. The van der Waals surface area contributed by atoms with Crippen molar-refractivity contribution in [3.63, 3.8) is 0 Å². The van der Waals surface area contributed by atoms with Crippen LogP contribution in [0.3, 0.4) is 0 Å². The van der Waals surface area contributed by atoms with Gasteiger partial charge in [0.1, 0.15) is 0 Å². The third-order valence-electron chi connectivity index (χ3n) is 5.09. The lowest BCUT2D eigenvalue weighted by Crippen LogP contribution is -2.50. The Morgan fingerprint density at radius 2 is 0.977 bits per heavy atom. The van der Waals surface area contributed by atoms with Crippen molar-refractivity contribution in [2.45, 2.75) is 24.4 Å². The molecule has 0 bridgehead atoms. The third kappa shape index (κ3) is 9.50. The van der Waals surface area contributed by atoms with Gasteiger partial charge in [-0.15, -0.1) is 0 Å². The van der Waals surface area contributed by atoms with Crippen LogP contribution < -0.4 is 0 Å². The van der Waals surface area contributed by atoms with Gasteiger partial charge in [-0.05, 0) is 47.5 Å². The molecule has 0 aromatic heterocycles. The number of aliphatic hydroxyl groups is 1. The highest BCUT2D eigenvalue weighted by atomic mass is 16.6. The van der Waals surface area contributed by atoms with Crippen molar-refractivity contribution in [2.75, 3.05) is 0 Å². The maximum Gasteiger partial charge on any atom is 0.353 e. The number of rotatable bonds is 13. The van der Waals surface area contributed by atoms with Crippen LogP contribution in [0.2, 0.25) is 0 Å². The van der Waals surface area contributed by atoms with E-state index in [-0.39, 0.29) is 11.1 Å². The molecule has 2 aromatic rings. The van der Waals surface area contributed by atoms with Crippen molar-refractivity contribution in [3.8, 4) is 23.0 Å². The van der Waals surface area contributed by atoms with Crippen molar-refractivity contribution in [1.82, 2.24) is 0 Å². The van der Waals surface area contributed by atoms with E-state index in [4.69, 9.17) is 14.9 Å². The van der Waals surface area contributed by atoms with Gasteiger partial charge in [-0.1, -0.05) is 12.1 Å². The van der Waals surface area contributed by atoms with Crippen molar-refractivity contribution in [2.24, 2.45) is 0 Å². The zero-order valence-electron chi connectivity index (χ0n) is 21.3. The molecule has 2 unspecified atom stereocenters. The Labute approximate surface area is 239 Å². The minimum atomic E-state index is -2.85. The van der Waals surface area contributed by atoms with Gasteiger partial charge in [-0.3, -0.25) is 0 Å². The Hall–Kier alpha value is -6.10. The number of phenolic OH excluding ortho intramolecular Hbond substituents is 4. The SMILES string of the molecule is O=C(C=Cc1ccc(O)c(O)c1)O[C@@H](C(=O)O)[C@@H](OC(=O)C=Cc1ccc(O)c(O)c1)C(=O)OC(C(=O)O)C(O)C(=O)O. The fourth-order valence-electron chi connectivity index (χ4n) is 2.99. The Balaban J connectivity index is 2.38. The predicted octanol–water partition coefficient (Wildman–Crippen LogP) is -0.414. The topological polar surface area (TPSA) is 292 Å². The summed E-state index contributed by atoms with van der Waals surface area (Å²) in [4.78, 5) is 71.9. The van der Waals surface area contributed by atoms with E-state index in [1.165, 1.54) is 12.1 Å². The summed E-state index contributed by atoms with van der Waals surface area (Å²) in [5.41, 5.74) is 0.201. The number of ether oxygens (including phenoxy) is 3. The second-order valence-corrected chi connectivity index (χ2v) is 8.19. The average molecular weight is 606 g/mol. The number of phenols is 4. The molecule has 0 saturated carbocycles. The molecule has 0 saturated heterocycles. The Kier molecular flexibility index (Phi) is 11.2. The Bertz CT molecular complexity index is 1470. The molecule has 0 fully saturated rings. The Morgan fingerprint density at radius 3 is 1.35 bits per heavy atom. The maximum absolute atomic E-state index is 12.8. The monoisotopic (exact) mass is 606 g/mol. The Morgan fingerprint density at radius 1 is 0.558 bits per heavy atom. The first-order chi connectivity index (χ1) is 20.1. The van der Waals surface area contributed by atoms with Crippen LogP contribution in [0.15, 0.2) is 48.6 Å². The van der Waals surface area contributed by atoms with Crippen LogP contribution in [-0.2, 0) is 43.0 Å². The molecule has 0 aliphatic heterocycles. The maximum atomic E-state index is 12.8. The van der Waals surface area contributed by atoms with Gasteiger partial charge < -0.3 is 55.1 Å². The summed E-state index contributed by atoms with van der Waals surface area (Å²) in [5.74, 6) is -13.7. The lowest BCUT2D eigenvalue weighted by Gasteiger charge is -2.24. The molecule has 228 valence electrons. The van der Waals surface area contributed by atoms with E-state index < -0.39 is 83.2 Å². The highest BCUT2D eigenvalue weighted by Gasteiger charge is 2.45. The standard InChI is InChI=1S/C26H22O17/c27-13-5-1-11(9-15(13)29)3-7-17(31)41-21(25(38)39)22(26(40)43-20(24(36)37)19(33)23(34)35)42-18(32)8-4-12-2-6-14(28)16(30)10-12/h1-10,19-22,27-30,33H,(H,34,35)(H,36,37)(H,38,39)/t19?,20?,21-,22-/m1/s1. The molecule has 17 nitrogen and oxygen atoms in total. The number of hydrogen-bond acceptors (Lipinski definition) is 14. The molecule has 0 aliphatic carbocycles. The van der Waals surface area contributed by atoms with E-state index in [0.29, 0.717) is 12.2 Å². The molecule has 0 spiro atoms. The van der Waals surface area contributed by atoms with Gasteiger partial charge in [0.2, 0.25) is 18.3 Å². The second kappa shape index (κ2) is 14.5. The molecular formula is C26H22O17. The van der Waals surface area contributed by atoms with Crippen LogP contribution >= 0.6 is 0 Å². The van der Waals surface area contributed by atoms with E-state index in [9.17, 15) is 59.4 Å². The minimum Gasteiger partial charge on any atom is -0.504 e. The van der Waals surface area contributed by atoms with Gasteiger partial charge in [0.15, 0.2) is 29.1 Å². The average Bonchev–Trinajstić information content (AvgIpc) is 2.93. The smallest absolute Gasteiger partial charge is 0.353 e. The fourth-order valence-corrected chi connectivity index (χ4v) is 2.99. The first kappa shape index (κ1) is 33.1. The summed E-state index contributed by atoms with van der Waals surface area (Å²) in [6.07, 6.45) is -8.04. The second-order valence-electron chi connectivity index (χ2n) is 8.19. The van der Waals surface area contributed by atoms with Crippen LogP contribution in [0.25, 0.3) is 12.2 Å². The van der Waals surface area contributed by atoms with Crippen LogP contribution in [0.4, 0.5) is 0 Å². The zero-order chi connectivity index (χ0) is 32.4. The van der Waals surface area contributed by atoms with Crippen LogP contribution in [0.5, 0.6) is 23.0 Å². The molecular weight excluding hydrogens is 584 g/mol. The highest BCUT2D eigenvalue weighted by Crippen LogP contribution is 2.26. The van der Waals surface area contributed by atoms with Gasteiger partial charge in [0.05, 0.1) is 0 Å². The third-order valence-corrected chi connectivity index (χ3v) is 5.09. The number of aromatic hydroxyl groups is 4. The van der Waals surface area contributed by atoms with Crippen LogP contribution in [0, 0.1) is 0 Å². The van der Waals surface area contributed by atoms with Gasteiger partial charge in [-0.25, -0.2) is 28.8 Å². The number of aliphatic hydroxyl groups excluding tert-OH is 1. The first-order valence-corrected chi connectivity index (χ1v) is 11.5. The summed E-state index contributed by atoms with van der Waals surface area (Å²) < 4.78 is 13.8. The number of benzene rings is 2. The number of aliphatic carboxylic acids is 3. The zero-order valence-corrected chi connectivity index (χ0v) is 21.3. The van der Waals surface area contributed by atoms with Crippen molar-refractivity contribution in [3.05, 3.63) is 59.7 Å². The molecule has 0 amide bonds. The minimum absolute atomic E-state index is 0.0912. The van der Waals surface area contributed by atoms with E-state index in [1.54, 1.807) is 0 Å². The summed E-state index contributed by atoms with van der Waals surface area (Å²) in [7, 11) is 0. The largest absolute Gasteiger partial charge is 0.504 e. The lowest BCUT2D eigenvalue weighted by molar-refractivity contribution is -0.196. The fraction of sp³-hybridized carbons (Fsp3) is 0.154. The van der Waals surface area contributed by atoms with E-state index in [1.807, 2.05) is 0 Å². The van der Waals surface area contributed by atoms with Crippen LogP contribution in [-0.4, -0.2) is 101 Å². The van der Waals surface area contributed by atoms with Gasteiger partial charge >= 0.3 is 35.8 Å². The molecule has 2 aromatic carbocycles. The lowest BCUT2D eigenvalue weighted by atomic mass is 10.1. The van der Waals surface area contributed by atoms with Crippen molar-refractivity contribution >= 4 is 48.0 Å². The predicted molar refractivity (Wildman–Crippen MR) is 136 cm³/mol. The number of carboxylic acids is 3. The number of carboxylic acid groups (broad SMARTS) is 3. The highest BCUT2D eigenvalue weighted by molar-refractivity contribution is 5.95. The summed E-state index contributed by atoms with van der Waals surface area (Å²) >= 11 is 0. The van der Waals surface area contributed by atoms with Crippen LogP contribution in [0.1, 0.15) is 11.1 Å². The van der Waals surface area contributed by atoms with E-state index in [2.05, 4.69) is 9.47 Å². The summed E-state index contributed by atoms with van der Waals surface area (Å²) in [6, 6.07) is 6.57. The molecule has 2 rings (SSSR count). The van der Waals surface area contributed by atoms with Gasteiger partial charge in [0, 0.05) is 12.2 Å². The summed E-state index contributed by atoms with van der Waals surface area (Å²) in [5, 5.41) is 75.0. The number of carbonyl (C=O) groups excluding carboxylic acids is 3. The summed E-state index contributed by atoms with van der Waals surface area (Å²) in [6.45, 7) is 0. The van der Waals surface area contributed by atoms with Gasteiger partial charge in [0.25, 0.3) is 0 Å². The normalized spacial score (nSPS) is 13.9. The first-order valence-electron chi connectivity index (χ1n) is 11.5. The van der Waals surface area contributed by atoms with Crippen molar-refractivity contribution < 1.29 is 83.8 Å². The van der Waals surface area contributed by atoms with Crippen molar-refractivity contribution in [1.29, 1.82) is 0 Å². The molecule has 43 heavy (non-hydrogen) atoms. The molecule has 4 atom stereocenters. The molecule has 0 heterocycles. The number of esters is 3. The van der Waals surface area contributed by atoms with E-state index >= 15 is 0 Å². The molecule has 8 N–H and O–H groups in total.